The third-order valence-electron chi connectivity index (χ3n) is 5.01. The number of carbonyl (C=O) groups is 1. The standard InChI is InChI=1S/C24H20F6N2O4S/c1-15(16-5-3-2-4-6-16)32-37(34,35)21-9-7-20(8-10-21)36-14-22(33)31-19-12-17(23(25,26)27)11-18(13-19)24(28,29)30/h2-13,15,32H,14H2,1H3,(H,31,33)/t15-/m1/s1. The van der Waals surface area contributed by atoms with Crippen LogP contribution in [0.1, 0.15) is 29.7 Å². The first-order valence-corrected chi connectivity index (χ1v) is 12.0. The van der Waals surface area contributed by atoms with Crippen LogP contribution in [0.5, 0.6) is 5.75 Å². The summed E-state index contributed by atoms with van der Waals surface area (Å²) in [5.74, 6) is -0.979. The molecule has 0 aromatic heterocycles. The van der Waals surface area contributed by atoms with E-state index in [9.17, 15) is 39.6 Å². The fraction of sp³-hybridized carbons (Fsp3) is 0.208. The molecule has 0 heterocycles. The Morgan fingerprint density at radius 3 is 1.92 bits per heavy atom. The van der Waals surface area contributed by atoms with Crippen molar-refractivity contribution in [2.45, 2.75) is 30.2 Å². The lowest BCUT2D eigenvalue weighted by molar-refractivity contribution is -0.143. The first-order chi connectivity index (χ1) is 17.1. The zero-order valence-electron chi connectivity index (χ0n) is 19.0. The van der Waals surface area contributed by atoms with Crippen LogP contribution in [0.2, 0.25) is 0 Å². The molecule has 1 amide bonds. The Labute approximate surface area is 208 Å². The van der Waals surface area contributed by atoms with Crippen LogP contribution in [-0.2, 0) is 27.2 Å². The number of halogens is 6. The van der Waals surface area contributed by atoms with Gasteiger partial charge < -0.3 is 10.1 Å². The molecule has 2 N–H and O–H groups in total. The van der Waals surface area contributed by atoms with Gasteiger partial charge in [0.15, 0.2) is 6.61 Å². The molecule has 13 heteroatoms. The van der Waals surface area contributed by atoms with E-state index in [0.717, 1.165) is 5.56 Å². The van der Waals surface area contributed by atoms with E-state index in [1.165, 1.54) is 24.3 Å². The van der Waals surface area contributed by atoms with Gasteiger partial charge in [-0.05, 0) is 55.0 Å². The van der Waals surface area contributed by atoms with Gasteiger partial charge in [-0.1, -0.05) is 30.3 Å². The predicted octanol–water partition coefficient (Wildman–Crippen LogP) is 5.78. The number of hydrogen-bond acceptors (Lipinski definition) is 4. The molecular weight excluding hydrogens is 526 g/mol. The van der Waals surface area contributed by atoms with Gasteiger partial charge in [-0.15, -0.1) is 0 Å². The van der Waals surface area contributed by atoms with Gasteiger partial charge in [0, 0.05) is 11.7 Å². The zero-order chi connectivity index (χ0) is 27.4. The minimum atomic E-state index is -5.06. The van der Waals surface area contributed by atoms with Crippen LogP contribution in [0.25, 0.3) is 0 Å². The summed E-state index contributed by atoms with van der Waals surface area (Å²) in [4.78, 5) is 12.0. The van der Waals surface area contributed by atoms with Gasteiger partial charge in [0.2, 0.25) is 10.0 Å². The van der Waals surface area contributed by atoms with E-state index in [-0.39, 0.29) is 16.7 Å². The Hall–Kier alpha value is -3.58. The number of alkyl halides is 6. The van der Waals surface area contributed by atoms with Gasteiger partial charge in [0.25, 0.3) is 5.91 Å². The van der Waals surface area contributed by atoms with E-state index < -0.39 is 57.7 Å². The van der Waals surface area contributed by atoms with Crippen molar-refractivity contribution < 1.29 is 44.3 Å². The molecule has 0 bridgehead atoms. The van der Waals surface area contributed by atoms with E-state index in [1.807, 2.05) is 5.32 Å². The van der Waals surface area contributed by atoms with Gasteiger partial charge >= 0.3 is 12.4 Å². The smallest absolute Gasteiger partial charge is 0.416 e. The number of carbonyl (C=O) groups excluding carboxylic acids is 1. The average Bonchev–Trinajstić information content (AvgIpc) is 2.82. The first-order valence-electron chi connectivity index (χ1n) is 10.5. The number of ether oxygens (including phenoxy) is 1. The number of amides is 1. The number of rotatable bonds is 8. The SMILES string of the molecule is C[C@@H](NS(=O)(=O)c1ccc(OCC(=O)Nc2cc(C(F)(F)F)cc(C(F)(F)F)c2)cc1)c1ccccc1. The second kappa shape index (κ2) is 10.8. The van der Waals surface area contributed by atoms with Crippen molar-refractivity contribution >= 4 is 21.6 Å². The summed E-state index contributed by atoms with van der Waals surface area (Å²) in [6.45, 7) is 0.915. The van der Waals surface area contributed by atoms with E-state index in [4.69, 9.17) is 4.74 Å². The summed E-state index contributed by atoms with van der Waals surface area (Å²) < 4.78 is 111. The lowest BCUT2D eigenvalue weighted by Gasteiger charge is -2.15. The van der Waals surface area contributed by atoms with Crippen LogP contribution >= 0.6 is 0 Å². The minimum absolute atomic E-state index is 0.0465. The fourth-order valence-corrected chi connectivity index (χ4v) is 4.43. The van der Waals surface area contributed by atoms with Gasteiger partial charge in [0.05, 0.1) is 16.0 Å². The maximum absolute atomic E-state index is 13.0. The van der Waals surface area contributed by atoms with E-state index in [2.05, 4.69) is 4.72 Å². The number of anilines is 1. The molecule has 0 aliphatic rings. The van der Waals surface area contributed by atoms with Gasteiger partial charge in [-0.25, -0.2) is 13.1 Å². The highest BCUT2D eigenvalue weighted by atomic mass is 32.2. The molecule has 6 nitrogen and oxygen atoms in total. The highest BCUT2D eigenvalue weighted by Crippen LogP contribution is 2.37. The van der Waals surface area contributed by atoms with Crippen LogP contribution in [0, 0.1) is 0 Å². The fourth-order valence-electron chi connectivity index (χ4n) is 3.20. The summed E-state index contributed by atoms with van der Waals surface area (Å²) in [5, 5.41) is 1.94. The van der Waals surface area contributed by atoms with Crippen LogP contribution in [-0.4, -0.2) is 20.9 Å². The molecule has 1 atom stereocenters. The number of benzene rings is 3. The number of nitrogens with one attached hydrogen (secondary N) is 2. The molecule has 0 unspecified atom stereocenters. The Bertz CT molecular complexity index is 1310. The molecule has 198 valence electrons. The lowest BCUT2D eigenvalue weighted by atomic mass is 10.1. The summed E-state index contributed by atoms with van der Waals surface area (Å²) in [5.41, 5.74) is -3.12. The predicted molar refractivity (Wildman–Crippen MR) is 122 cm³/mol. The average molecular weight is 546 g/mol. The Balaban J connectivity index is 1.63. The van der Waals surface area contributed by atoms with Crippen molar-refractivity contribution in [3.8, 4) is 5.75 Å². The van der Waals surface area contributed by atoms with Crippen molar-refractivity contribution in [1.29, 1.82) is 0 Å². The van der Waals surface area contributed by atoms with E-state index >= 15 is 0 Å². The molecule has 0 aliphatic heterocycles. The van der Waals surface area contributed by atoms with Crippen molar-refractivity contribution in [2.75, 3.05) is 11.9 Å². The van der Waals surface area contributed by atoms with E-state index in [0.29, 0.717) is 12.1 Å². The number of hydrogen-bond donors (Lipinski definition) is 2. The molecule has 3 aromatic rings. The molecule has 0 saturated heterocycles. The van der Waals surface area contributed by atoms with Crippen LogP contribution in [0.4, 0.5) is 32.0 Å². The Morgan fingerprint density at radius 2 is 1.41 bits per heavy atom. The molecule has 0 radical (unpaired) electrons. The molecule has 0 saturated carbocycles. The molecular formula is C24H20F6N2O4S. The molecule has 0 aliphatic carbocycles. The van der Waals surface area contributed by atoms with Crippen LogP contribution in [0.3, 0.4) is 0 Å². The van der Waals surface area contributed by atoms with E-state index in [1.54, 1.807) is 37.3 Å². The molecule has 0 spiro atoms. The largest absolute Gasteiger partial charge is 0.484 e. The van der Waals surface area contributed by atoms with Crippen LogP contribution in [0.15, 0.2) is 77.7 Å². The van der Waals surface area contributed by atoms with Gasteiger partial charge in [0.1, 0.15) is 5.75 Å². The summed E-state index contributed by atoms with van der Waals surface area (Å²) in [7, 11) is -3.90. The summed E-state index contributed by atoms with van der Waals surface area (Å²) in [6, 6.07) is 14.0. The summed E-state index contributed by atoms with van der Waals surface area (Å²) >= 11 is 0. The second-order valence-electron chi connectivity index (χ2n) is 7.86. The third-order valence-corrected chi connectivity index (χ3v) is 6.56. The topological polar surface area (TPSA) is 84.5 Å². The van der Waals surface area contributed by atoms with Crippen molar-refractivity contribution in [2.24, 2.45) is 0 Å². The molecule has 3 rings (SSSR count). The summed E-state index contributed by atoms with van der Waals surface area (Å²) in [6.07, 6.45) is -10.1. The van der Waals surface area contributed by atoms with Gasteiger partial charge in [-0.2, -0.15) is 26.3 Å². The zero-order valence-corrected chi connectivity index (χ0v) is 19.8. The quantitative estimate of drug-likeness (QED) is 0.351. The third kappa shape index (κ3) is 7.70. The highest BCUT2D eigenvalue weighted by molar-refractivity contribution is 7.89. The number of sulfonamides is 1. The Morgan fingerprint density at radius 1 is 0.865 bits per heavy atom. The highest BCUT2D eigenvalue weighted by Gasteiger charge is 2.37. The maximum Gasteiger partial charge on any atom is 0.416 e. The molecule has 37 heavy (non-hydrogen) atoms. The minimum Gasteiger partial charge on any atom is -0.484 e. The molecule has 3 aromatic carbocycles. The first kappa shape index (κ1) is 28.0. The normalized spacial score (nSPS) is 13.2. The molecule has 0 fully saturated rings. The second-order valence-corrected chi connectivity index (χ2v) is 9.57. The van der Waals surface area contributed by atoms with Crippen LogP contribution < -0.4 is 14.8 Å². The van der Waals surface area contributed by atoms with Crippen molar-refractivity contribution in [3.05, 3.63) is 89.5 Å². The van der Waals surface area contributed by atoms with Crippen molar-refractivity contribution in [3.63, 3.8) is 0 Å². The van der Waals surface area contributed by atoms with Crippen molar-refractivity contribution in [1.82, 2.24) is 4.72 Å². The monoisotopic (exact) mass is 546 g/mol. The maximum atomic E-state index is 13.0. The van der Waals surface area contributed by atoms with Gasteiger partial charge in [-0.3, -0.25) is 4.79 Å². The Kier molecular flexibility index (Phi) is 8.18. The lowest BCUT2D eigenvalue weighted by Crippen LogP contribution is -2.26.